The second kappa shape index (κ2) is 9.06. The highest BCUT2D eigenvalue weighted by Crippen LogP contribution is 2.27. The summed E-state index contributed by atoms with van der Waals surface area (Å²) in [6, 6.07) is 10.7. The summed E-state index contributed by atoms with van der Waals surface area (Å²) in [7, 11) is 0. The summed E-state index contributed by atoms with van der Waals surface area (Å²) < 4.78 is 0. The molecule has 0 spiro atoms. The number of halogens is 1. The van der Waals surface area contributed by atoms with Crippen molar-refractivity contribution < 1.29 is 9.90 Å². The summed E-state index contributed by atoms with van der Waals surface area (Å²) in [6.07, 6.45) is 0.128. The first-order valence-electron chi connectivity index (χ1n) is 8.83. The Hall–Kier alpha value is -2.04. The largest absolute Gasteiger partial charge is 0.481 e. The van der Waals surface area contributed by atoms with Gasteiger partial charge in [0.05, 0.1) is 6.42 Å². The molecule has 4 nitrogen and oxygen atoms in total. The molecule has 0 aliphatic carbocycles. The molecule has 0 saturated heterocycles. The van der Waals surface area contributed by atoms with Gasteiger partial charge in [-0.05, 0) is 67.6 Å². The molecule has 3 N–H and O–H groups in total. The number of carboxylic acid groups (broad SMARTS) is 1. The van der Waals surface area contributed by atoms with Gasteiger partial charge in [-0.15, -0.1) is 0 Å². The number of rotatable bonds is 8. The first-order valence-corrected chi connectivity index (χ1v) is 9.21. The monoisotopic (exact) mass is 374 g/mol. The lowest BCUT2D eigenvalue weighted by Gasteiger charge is -2.19. The standard InChI is InChI=1S/C21H27ClN2O2/c1-13-5-6-19(11-18(13)12-23-8-7-20(25)26)24-16(4)17-9-14(2)21(22)15(3)10-17/h5-6,9-11,16,23-24H,7-8,12H2,1-4H3,(H,25,26)/t16-/m1/s1. The molecule has 2 aromatic carbocycles. The van der Waals surface area contributed by atoms with Gasteiger partial charge in [-0.3, -0.25) is 4.79 Å². The van der Waals surface area contributed by atoms with E-state index in [4.69, 9.17) is 16.7 Å². The Balaban J connectivity index is 2.07. The van der Waals surface area contributed by atoms with Crippen molar-refractivity contribution in [3.05, 3.63) is 63.2 Å². The highest BCUT2D eigenvalue weighted by molar-refractivity contribution is 6.32. The van der Waals surface area contributed by atoms with Gasteiger partial charge >= 0.3 is 5.97 Å². The third-order valence-corrected chi connectivity index (χ3v) is 5.12. The lowest BCUT2D eigenvalue weighted by Crippen LogP contribution is -2.18. The summed E-state index contributed by atoms with van der Waals surface area (Å²) in [5, 5.41) is 16.3. The van der Waals surface area contributed by atoms with E-state index in [1.165, 1.54) is 11.1 Å². The van der Waals surface area contributed by atoms with Crippen LogP contribution in [0.5, 0.6) is 0 Å². The van der Waals surface area contributed by atoms with Gasteiger partial charge in [0.1, 0.15) is 0 Å². The Morgan fingerprint density at radius 1 is 1.12 bits per heavy atom. The Labute approximate surface area is 160 Å². The van der Waals surface area contributed by atoms with Gasteiger partial charge in [0.2, 0.25) is 0 Å². The minimum absolute atomic E-state index is 0.128. The average molecular weight is 375 g/mol. The third kappa shape index (κ3) is 5.48. The van der Waals surface area contributed by atoms with Crippen LogP contribution >= 0.6 is 11.6 Å². The predicted molar refractivity (Wildman–Crippen MR) is 108 cm³/mol. The molecule has 0 heterocycles. The Morgan fingerprint density at radius 3 is 2.38 bits per heavy atom. The van der Waals surface area contributed by atoms with Crippen LogP contribution in [0.3, 0.4) is 0 Å². The predicted octanol–water partition coefficient (Wildman–Crippen LogP) is 5.00. The summed E-state index contributed by atoms with van der Waals surface area (Å²) in [6.45, 7) is 9.37. The van der Waals surface area contributed by atoms with Crippen molar-refractivity contribution >= 4 is 23.3 Å². The molecule has 0 aliphatic rings. The minimum atomic E-state index is -0.785. The molecule has 2 rings (SSSR count). The van der Waals surface area contributed by atoms with Crippen LogP contribution in [0.4, 0.5) is 5.69 Å². The molecule has 140 valence electrons. The fourth-order valence-electron chi connectivity index (χ4n) is 2.93. The molecule has 0 radical (unpaired) electrons. The summed E-state index contributed by atoms with van der Waals surface area (Å²) in [5.41, 5.74) is 6.76. The van der Waals surface area contributed by atoms with Crippen LogP contribution in [0.15, 0.2) is 30.3 Å². The minimum Gasteiger partial charge on any atom is -0.481 e. The van der Waals surface area contributed by atoms with Gasteiger partial charge in [0.15, 0.2) is 0 Å². The second-order valence-electron chi connectivity index (χ2n) is 6.80. The number of hydrogen-bond acceptors (Lipinski definition) is 3. The molecular weight excluding hydrogens is 348 g/mol. The van der Waals surface area contributed by atoms with E-state index in [1.807, 2.05) is 13.8 Å². The van der Waals surface area contributed by atoms with Gasteiger partial charge < -0.3 is 15.7 Å². The zero-order valence-electron chi connectivity index (χ0n) is 15.8. The van der Waals surface area contributed by atoms with E-state index in [9.17, 15) is 4.79 Å². The molecule has 0 unspecified atom stereocenters. The van der Waals surface area contributed by atoms with Crippen LogP contribution in [-0.2, 0) is 11.3 Å². The molecule has 1 atom stereocenters. The van der Waals surface area contributed by atoms with Crippen molar-refractivity contribution in [2.75, 3.05) is 11.9 Å². The molecule has 2 aromatic rings. The molecule has 0 fully saturated rings. The number of aliphatic carboxylic acids is 1. The zero-order valence-corrected chi connectivity index (χ0v) is 16.6. The van der Waals surface area contributed by atoms with Gasteiger partial charge in [-0.1, -0.05) is 29.8 Å². The van der Waals surface area contributed by atoms with Gasteiger partial charge in [-0.2, -0.15) is 0 Å². The molecule has 26 heavy (non-hydrogen) atoms. The van der Waals surface area contributed by atoms with Gasteiger partial charge in [0, 0.05) is 29.8 Å². The third-order valence-electron chi connectivity index (χ3n) is 4.52. The van der Waals surface area contributed by atoms with E-state index < -0.39 is 5.97 Å². The summed E-state index contributed by atoms with van der Waals surface area (Å²) in [4.78, 5) is 10.6. The van der Waals surface area contributed by atoms with Crippen molar-refractivity contribution in [1.82, 2.24) is 5.32 Å². The number of aryl methyl sites for hydroxylation is 3. The maximum atomic E-state index is 10.6. The Kier molecular flexibility index (Phi) is 7.06. The summed E-state index contributed by atoms with van der Waals surface area (Å²) >= 11 is 6.27. The maximum Gasteiger partial charge on any atom is 0.304 e. The quantitative estimate of drug-likeness (QED) is 0.569. The Morgan fingerprint density at radius 2 is 1.77 bits per heavy atom. The number of hydrogen-bond donors (Lipinski definition) is 3. The number of nitrogens with one attached hydrogen (secondary N) is 2. The van der Waals surface area contributed by atoms with E-state index in [0.29, 0.717) is 13.1 Å². The van der Waals surface area contributed by atoms with Gasteiger partial charge in [-0.25, -0.2) is 0 Å². The second-order valence-corrected chi connectivity index (χ2v) is 7.17. The summed E-state index contributed by atoms with van der Waals surface area (Å²) in [5.74, 6) is -0.785. The maximum absolute atomic E-state index is 10.6. The normalized spacial score (nSPS) is 12.0. The van der Waals surface area contributed by atoms with Crippen molar-refractivity contribution in [2.24, 2.45) is 0 Å². The van der Waals surface area contributed by atoms with Crippen molar-refractivity contribution in [3.63, 3.8) is 0 Å². The van der Waals surface area contributed by atoms with Crippen LogP contribution in [0.2, 0.25) is 5.02 Å². The van der Waals surface area contributed by atoms with Crippen LogP contribution in [-0.4, -0.2) is 17.6 Å². The number of carboxylic acids is 1. The van der Waals surface area contributed by atoms with Crippen molar-refractivity contribution in [2.45, 2.75) is 46.7 Å². The topological polar surface area (TPSA) is 61.4 Å². The molecule has 0 aromatic heterocycles. The lowest BCUT2D eigenvalue weighted by molar-refractivity contribution is -0.136. The molecule has 5 heteroatoms. The highest BCUT2D eigenvalue weighted by atomic mass is 35.5. The zero-order chi connectivity index (χ0) is 19.3. The van der Waals surface area contributed by atoms with E-state index in [2.05, 4.69) is 54.8 Å². The fourth-order valence-corrected chi connectivity index (χ4v) is 3.04. The number of anilines is 1. The van der Waals surface area contributed by atoms with Gasteiger partial charge in [0.25, 0.3) is 0 Å². The fraction of sp³-hybridized carbons (Fsp3) is 0.381. The lowest BCUT2D eigenvalue weighted by atomic mass is 10.0. The Bertz CT molecular complexity index is 767. The van der Waals surface area contributed by atoms with E-state index in [-0.39, 0.29) is 12.5 Å². The van der Waals surface area contributed by atoms with Crippen molar-refractivity contribution in [1.29, 1.82) is 0 Å². The molecule has 0 amide bonds. The first kappa shape index (κ1) is 20.3. The molecule has 0 bridgehead atoms. The smallest absolute Gasteiger partial charge is 0.304 e. The van der Waals surface area contributed by atoms with Crippen LogP contribution in [0.1, 0.15) is 47.2 Å². The van der Waals surface area contributed by atoms with Crippen LogP contribution in [0, 0.1) is 20.8 Å². The highest BCUT2D eigenvalue weighted by Gasteiger charge is 2.10. The SMILES string of the molecule is Cc1ccc(N[C@H](C)c2cc(C)c(Cl)c(C)c2)cc1CNCCC(=O)O. The van der Waals surface area contributed by atoms with Crippen LogP contribution in [0.25, 0.3) is 0 Å². The molecular formula is C21H27ClN2O2. The number of benzene rings is 2. The average Bonchev–Trinajstić information content (AvgIpc) is 2.58. The van der Waals surface area contributed by atoms with E-state index >= 15 is 0 Å². The number of carbonyl (C=O) groups is 1. The van der Waals surface area contributed by atoms with E-state index in [1.54, 1.807) is 0 Å². The van der Waals surface area contributed by atoms with Crippen LogP contribution < -0.4 is 10.6 Å². The van der Waals surface area contributed by atoms with E-state index in [0.717, 1.165) is 27.4 Å². The van der Waals surface area contributed by atoms with Crippen molar-refractivity contribution in [3.8, 4) is 0 Å². The first-order chi connectivity index (χ1) is 12.3. The molecule has 0 saturated carbocycles. The molecule has 0 aliphatic heterocycles.